The molecular weight excluding hydrogens is 416 g/mol. The highest BCUT2D eigenvalue weighted by molar-refractivity contribution is 6.30. The van der Waals surface area contributed by atoms with Gasteiger partial charge in [-0.3, -0.25) is 15.4 Å². The molecule has 3 aliphatic carbocycles. The molecule has 4 fully saturated rings. The van der Waals surface area contributed by atoms with Gasteiger partial charge in [0.25, 0.3) is 5.91 Å². The predicted octanol–water partition coefficient (Wildman–Crippen LogP) is 1.69. The Bertz CT molecular complexity index is 787. The number of carbonyl (C=O) groups excluding carboxylic acids is 1. The van der Waals surface area contributed by atoms with Crippen molar-refractivity contribution in [3.05, 3.63) is 29.0 Å². The molecule has 29 heavy (non-hydrogen) atoms. The van der Waals surface area contributed by atoms with Gasteiger partial charge in [0.2, 0.25) is 0 Å². The highest BCUT2D eigenvalue weighted by atomic mass is 35.5. The van der Waals surface area contributed by atoms with Gasteiger partial charge < -0.3 is 15.4 Å². The molecule has 2 atom stereocenters. The van der Waals surface area contributed by atoms with Crippen molar-refractivity contribution in [3.8, 4) is 5.75 Å². The fraction of sp³-hybridized carbons (Fsp3) is 0.611. The summed E-state index contributed by atoms with van der Waals surface area (Å²) in [4.78, 5) is 12.1. The molecule has 3 saturated carbocycles. The molecule has 0 radical (unpaired) electrons. The Kier molecular flexibility index (Phi) is 5.17. The summed E-state index contributed by atoms with van der Waals surface area (Å²) in [5.74, 6) is -0.758. The Morgan fingerprint density at radius 3 is 2.62 bits per heavy atom. The summed E-state index contributed by atoms with van der Waals surface area (Å²) in [6.45, 7) is -0.00398. The summed E-state index contributed by atoms with van der Waals surface area (Å²) in [6.07, 6.45) is -2.83. The van der Waals surface area contributed by atoms with Crippen LogP contribution < -0.4 is 26.0 Å². The van der Waals surface area contributed by atoms with Crippen molar-refractivity contribution in [2.75, 3.05) is 19.7 Å². The molecule has 0 aromatic heterocycles. The largest absolute Gasteiger partial charge is 0.484 e. The zero-order valence-corrected chi connectivity index (χ0v) is 16.1. The first kappa shape index (κ1) is 20.6. The van der Waals surface area contributed by atoms with Crippen molar-refractivity contribution < 1.29 is 27.1 Å². The molecule has 1 aromatic rings. The van der Waals surface area contributed by atoms with E-state index in [1.807, 2.05) is 0 Å². The SMILES string of the molecule is O=C(COc1ccc(Cl)c(F)c1)NC12CC(NC3CNCC(C(F)(F)F)N3)(C1)C2. The number of ether oxygens (including phenoxy) is 1. The number of piperazine rings is 1. The summed E-state index contributed by atoms with van der Waals surface area (Å²) >= 11 is 5.60. The molecule has 1 aromatic carbocycles. The lowest BCUT2D eigenvalue weighted by molar-refractivity contribution is -0.167. The number of alkyl halides is 3. The average molecular weight is 437 g/mol. The third-order valence-electron chi connectivity index (χ3n) is 5.67. The maximum absolute atomic E-state index is 13.4. The minimum absolute atomic E-state index is 0.0299. The average Bonchev–Trinajstić information content (AvgIpc) is 2.59. The third-order valence-corrected chi connectivity index (χ3v) is 5.98. The lowest BCUT2D eigenvalue weighted by Crippen LogP contribution is -2.86. The second-order valence-corrected chi connectivity index (χ2v) is 8.53. The topological polar surface area (TPSA) is 74.4 Å². The van der Waals surface area contributed by atoms with Crippen LogP contribution in [-0.4, -0.2) is 55.1 Å². The van der Waals surface area contributed by atoms with Gasteiger partial charge in [-0.15, -0.1) is 0 Å². The van der Waals surface area contributed by atoms with Crippen molar-refractivity contribution in [2.24, 2.45) is 0 Å². The van der Waals surface area contributed by atoms with E-state index in [1.54, 1.807) is 0 Å². The maximum Gasteiger partial charge on any atom is 0.405 e. The number of hydrogen-bond acceptors (Lipinski definition) is 5. The van der Waals surface area contributed by atoms with Crippen molar-refractivity contribution in [2.45, 2.75) is 48.7 Å². The van der Waals surface area contributed by atoms with Gasteiger partial charge in [0, 0.05) is 30.2 Å². The smallest absolute Gasteiger partial charge is 0.405 e. The maximum atomic E-state index is 13.4. The normalized spacial score (nSPS) is 33.4. The van der Waals surface area contributed by atoms with E-state index in [4.69, 9.17) is 16.3 Å². The van der Waals surface area contributed by atoms with Crippen molar-refractivity contribution in [1.29, 1.82) is 0 Å². The molecule has 2 unspecified atom stereocenters. The number of nitrogens with one attached hydrogen (secondary N) is 4. The summed E-state index contributed by atoms with van der Waals surface area (Å²) in [5.41, 5.74) is -0.593. The van der Waals surface area contributed by atoms with E-state index < -0.39 is 24.2 Å². The Morgan fingerprint density at radius 1 is 1.24 bits per heavy atom. The van der Waals surface area contributed by atoms with Crippen LogP contribution in [-0.2, 0) is 4.79 Å². The third kappa shape index (κ3) is 4.30. The predicted molar refractivity (Wildman–Crippen MR) is 97.1 cm³/mol. The number of hydrogen-bond donors (Lipinski definition) is 4. The van der Waals surface area contributed by atoms with Gasteiger partial charge in [0.15, 0.2) is 6.61 Å². The lowest BCUT2D eigenvalue weighted by Gasteiger charge is -2.71. The van der Waals surface area contributed by atoms with Gasteiger partial charge in [0.1, 0.15) is 17.6 Å². The molecule has 4 N–H and O–H groups in total. The van der Waals surface area contributed by atoms with Crippen LogP contribution in [0.5, 0.6) is 5.75 Å². The van der Waals surface area contributed by atoms with Gasteiger partial charge in [-0.05, 0) is 31.4 Å². The van der Waals surface area contributed by atoms with E-state index in [0.717, 1.165) is 6.07 Å². The summed E-state index contributed by atoms with van der Waals surface area (Å²) in [7, 11) is 0. The highest BCUT2D eigenvalue weighted by Crippen LogP contribution is 2.60. The van der Waals surface area contributed by atoms with Crippen LogP contribution in [0.2, 0.25) is 5.02 Å². The first-order chi connectivity index (χ1) is 13.6. The van der Waals surface area contributed by atoms with E-state index in [2.05, 4.69) is 21.3 Å². The van der Waals surface area contributed by atoms with Crippen LogP contribution in [0.15, 0.2) is 18.2 Å². The summed E-state index contributed by atoms with van der Waals surface area (Å²) in [6, 6.07) is 2.34. The molecule has 11 heteroatoms. The number of benzene rings is 1. The van der Waals surface area contributed by atoms with Gasteiger partial charge >= 0.3 is 6.18 Å². The number of halogens is 5. The second-order valence-electron chi connectivity index (χ2n) is 8.12. The van der Waals surface area contributed by atoms with Crippen LogP contribution in [0.4, 0.5) is 17.6 Å². The summed E-state index contributed by atoms with van der Waals surface area (Å²) < 4.78 is 57.3. The first-order valence-corrected chi connectivity index (χ1v) is 9.66. The van der Waals surface area contributed by atoms with Crippen molar-refractivity contribution in [3.63, 3.8) is 0 Å². The van der Waals surface area contributed by atoms with Crippen LogP contribution in [0.25, 0.3) is 0 Å². The molecule has 160 valence electrons. The molecule has 2 bridgehead atoms. The number of carbonyl (C=O) groups is 1. The van der Waals surface area contributed by atoms with Gasteiger partial charge in [-0.2, -0.15) is 13.2 Å². The fourth-order valence-corrected chi connectivity index (χ4v) is 4.64. The van der Waals surface area contributed by atoms with Gasteiger partial charge in [-0.1, -0.05) is 11.6 Å². The minimum Gasteiger partial charge on any atom is -0.484 e. The molecule has 6 nitrogen and oxygen atoms in total. The molecule has 0 spiro atoms. The van der Waals surface area contributed by atoms with E-state index in [-0.39, 0.29) is 40.9 Å². The van der Waals surface area contributed by atoms with E-state index >= 15 is 0 Å². The van der Waals surface area contributed by atoms with Crippen LogP contribution >= 0.6 is 11.6 Å². The monoisotopic (exact) mass is 436 g/mol. The molecule has 1 aliphatic heterocycles. The molecule has 5 rings (SSSR count). The lowest BCUT2D eigenvalue weighted by atomic mass is 9.44. The Hall–Kier alpha value is -1.62. The van der Waals surface area contributed by atoms with E-state index in [0.29, 0.717) is 25.8 Å². The highest BCUT2D eigenvalue weighted by Gasteiger charge is 2.69. The molecular formula is C18H21ClF4N4O2. The fourth-order valence-electron chi connectivity index (χ4n) is 4.53. The van der Waals surface area contributed by atoms with Crippen LogP contribution in [0, 0.1) is 5.82 Å². The Labute approximate surface area is 169 Å². The van der Waals surface area contributed by atoms with Crippen molar-refractivity contribution >= 4 is 17.5 Å². The zero-order valence-electron chi connectivity index (χ0n) is 15.3. The first-order valence-electron chi connectivity index (χ1n) is 9.28. The summed E-state index contributed by atoms with van der Waals surface area (Å²) in [5, 5.41) is 11.5. The Balaban J connectivity index is 1.21. The number of amides is 1. The van der Waals surface area contributed by atoms with Crippen LogP contribution in [0.3, 0.4) is 0 Å². The molecule has 1 heterocycles. The van der Waals surface area contributed by atoms with Gasteiger partial charge in [0.05, 0.1) is 11.2 Å². The molecule has 1 saturated heterocycles. The van der Waals surface area contributed by atoms with Crippen molar-refractivity contribution in [1.82, 2.24) is 21.3 Å². The minimum atomic E-state index is -4.30. The number of rotatable bonds is 6. The van der Waals surface area contributed by atoms with E-state index in [1.165, 1.54) is 12.1 Å². The second kappa shape index (κ2) is 7.26. The quantitative estimate of drug-likeness (QED) is 0.511. The zero-order chi connectivity index (χ0) is 20.9. The molecule has 4 aliphatic rings. The van der Waals surface area contributed by atoms with E-state index in [9.17, 15) is 22.4 Å². The Morgan fingerprint density at radius 2 is 1.97 bits per heavy atom. The standard InChI is InChI=1S/C18H21ClF4N4O2/c19-11-2-1-10(3-12(11)20)29-6-15(28)27-17-7-16(8-17,9-17)26-14-5-24-4-13(25-14)18(21,22)23/h1-3,13-14,24-26H,4-9H2,(H,27,28). The molecule has 1 amide bonds. The van der Waals surface area contributed by atoms with Gasteiger partial charge in [-0.25, -0.2) is 4.39 Å². The van der Waals surface area contributed by atoms with Crippen LogP contribution in [0.1, 0.15) is 19.3 Å².